The van der Waals surface area contributed by atoms with Gasteiger partial charge in [-0.25, -0.2) is 19.6 Å². The summed E-state index contributed by atoms with van der Waals surface area (Å²) in [6.45, 7) is 12.3. The number of benzene rings is 3. The van der Waals surface area contributed by atoms with Gasteiger partial charge in [-0.15, -0.1) is 0 Å². The third kappa shape index (κ3) is 8.25. The number of aromatic nitrogens is 4. The van der Waals surface area contributed by atoms with E-state index >= 15 is 0 Å². The molecule has 6 heterocycles. The van der Waals surface area contributed by atoms with Crippen molar-refractivity contribution >= 4 is 45.8 Å². The molecular weight excluding hydrogens is 829 g/mol. The van der Waals surface area contributed by atoms with Crippen molar-refractivity contribution in [2.75, 3.05) is 14.2 Å². The van der Waals surface area contributed by atoms with Crippen molar-refractivity contribution in [2.24, 2.45) is 11.8 Å². The molecule has 4 aliphatic rings. The lowest BCUT2D eigenvalue weighted by Crippen LogP contribution is -2.55. The highest BCUT2D eigenvalue weighted by Gasteiger charge is 2.45. The molecule has 4 amide bonds. The molecule has 16 heteroatoms. The number of ether oxygens (including phenoxy) is 4. The molecule has 8 atom stereocenters. The first-order valence-electron chi connectivity index (χ1n) is 23.0. The van der Waals surface area contributed by atoms with E-state index in [4.69, 9.17) is 28.9 Å². The molecule has 3 aromatic carbocycles. The summed E-state index contributed by atoms with van der Waals surface area (Å²) in [5, 5.41) is 7.58. The Morgan fingerprint density at radius 2 is 1.46 bits per heavy atom. The van der Waals surface area contributed by atoms with E-state index in [1.165, 1.54) is 14.2 Å². The number of methoxy groups -OCH3 is 2. The Balaban J connectivity index is 0.965. The Kier molecular flexibility index (Phi) is 12.0. The highest BCUT2D eigenvalue weighted by Crippen LogP contribution is 2.44. The minimum absolute atomic E-state index is 0.0195. The first-order valence-corrected chi connectivity index (χ1v) is 23.0. The number of H-pyrrole nitrogens is 2. The van der Waals surface area contributed by atoms with E-state index in [0.29, 0.717) is 31.1 Å². The summed E-state index contributed by atoms with van der Waals surface area (Å²) < 4.78 is 22.3. The van der Waals surface area contributed by atoms with Crippen LogP contribution < -0.4 is 15.4 Å². The van der Waals surface area contributed by atoms with Crippen molar-refractivity contribution < 1.29 is 38.1 Å². The first-order chi connectivity index (χ1) is 31.2. The molecule has 4 N–H and O–H groups in total. The van der Waals surface area contributed by atoms with Gasteiger partial charge in [0.15, 0.2) is 0 Å². The maximum absolute atomic E-state index is 14.6. The van der Waals surface area contributed by atoms with Crippen LogP contribution in [0.3, 0.4) is 0 Å². The quantitative estimate of drug-likeness (QED) is 0.112. The maximum atomic E-state index is 14.6. The predicted octanol–water partition coefficient (Wildman–Crippen LogP) is 8.08. The Bertz CT molecular complexity index is 2630. The third-order valence-electron chi connectivity index (χ3n) is 14.1. The molecule has 344 valence electrons. The monoisotopic (exact) mass is 888 g/mol. The van der Waals surface area contributed by atoms with Crippen LogP contribution in [0.1, 0.15) is 109 Å². The molecule has 0 spiro atoms. The molecule has 65 heavy (non-hydrogen) atoms. The number of fused-ring (bicyclic) bond motifs is 6. The molecular formula is C49H60N8O8. The van der Waals surface area contributed by atoms with Gasteiger partial charge in [0.05, 0.1) is 61.4 Å². The molecule has 0 radical (unpaired) electrons. The van der Waals surface area contributed by atoms with Crippen LogP contribution in [-0.2, 0) is 30.4 Å². The molecule has 0 aliphatic carbocycles. The number of aromatic amines is 2. The largest absolute Gasteiger partial charge is 0.488 e. The van der Waals surface area contributed by atoms with Crippen molar-refractivity contribution in [2.45, 2.75) is 135 Å². The van der Waals surface area contributed by atoms with E-state index in [1.807, 2.05) is 56.7 Å². The standard InChI is InChI=1S/C49H60N8O8/c1-24(2)41(54-48(60)62-7)46(58)56-25(3)9-15-38(56)44-50-22-37(52-44)30-11-13-33-32(19-30)23-64-40-21-34-29(20-35(33)40)12-14-36-43(34)53-45(51-36)39-16-10-26(4)57(39)47(59)42(55-49(61)63-8)31-17-27(5)65-28(6)18-31/h11-14,19-22,24-28,31,38-39,41-42H,9-10,15-18,23H2,1-8H3,(H,50,52)(H,51,53)(H,54,60)(H,55,61)/t25-,26-,27+,28+,38-,39-,41-,42+/m0/s1. The van der Waals surface area contributed by atoms with Crippen LogP contribution in [0, 0.1) is 11.8 Å². The molecule has 3 fully saturated rings. The van der Waals surface area contributed by atoms with E-state index < -0.39 is 24.3 Å². The zero-order valence-corrected chi connectivity index (χ0v) is 38.4. The smallest absolute Gasteiger partial charge is 0.407 e. The Morgan fingerprint density at radius 1 is 0.785 bits per heavy atom. The van der Waals surface area contributed by atoms with Gasteiger partial charge in [-0.05, 0) is 124 Å². The summed E-state index contributed by atoms with van der Waals surface area (Å²) in [7, 11) is 2.61. The van der Waals surface area contributed by atoms with Crippen molar-refractivity contribution in [3.63, 3.8) is 0 Å². The molecule has 5 aromatic rings. The van der Waals surface area contributed by atoms with Gasteiger partial charge in [0.25, 0.3) is 0 Å². The van der Waals surface area contributed by atoms with E-state index in [-0.39, 0.29) is 60.0 Å². The summed E-state index contributed by atoms with van der Waals surface area (Å²) in [5.41, 5.74) is 6.57. The second-order valence-corrected chi connectivity index (χ2v) is 18.8. The Labute approximate surface area is 378 Å². The van der Waals surface area contributed by atoms with Gasteiger partial charge >= 0.3 is 12.2 Å². The molecule has 9 rings (SSSR count). The second-order valence-electron chi connectivity index (χ2n) is 18.8. The zero-order valence-electron chi connectivity index (χ0n) is 38.4. The molecule has 16 nitrogen and oxygen atoms in total. The number of imidazole rings is 2. The van der Waals surface area contributed by atoms with Crippen LogP contribution >= 0.6 is 0 Å². The number of alkyl carbamates (subject to hydrolysis) is 2. The van der Waals surface area contributed by atoms with E-state index in [1.54, 1.807) is 0 Å². The van der Waals surface area contributed by atoms with Gasteiger partial charge in [-0.2, -0.15) is 0 Å². The number of likely N-dealkylation sites (tertiary alicyclic amines) is 2. The van der Waals surface area contributed by atoms with E-state index in [0.717, 1.165) is 81.2 Å². The van der Waals surface area contributed by atoms with Crippen LogP contribution in [-0.4, -0.2) is 104 Å². The zero-order chi connectivity index (χ0) is 45.8. The number of hydrogen-bond donors (Lipinski definition) is 4. The van der Waals surface area contributed by atoms with Gasteiger partial charge in [-0.3, -0.25) is 9.59 Å². The average Bonchev–Trinajstić information content (AvgIpc) is 4.11. The second kappa shape index (κ2) is 17.7. The fraction of sp³-hybridized carbons (Fsp3) is 0.510. The van der Waals surface area contributed by atoms with Gasteiger partial charge in [0.2, 0.25) is 11.8 Å². The fourth-order valence-electron chi connectivity index (χ4n) is 10.8. The number of nitrogens with one attached hydrogen (secondary N) is 4. The topological polar surface area (TPSA) is 193 Å². The molecule has 0 bridgehead atoms. The number of amides is 4. The van der Waals surface area contributed by atoms with Crippen LogP contribution in [0.4, 0.5) is 9.59 Å². The average molecular weight is 889 g/mol. The van der Waals surface area contributed by atoms with Crippen molar-refractivity contribution in [3.05, 3.63) is 65.9 Å². The van der Waals surface area contributed by atoms with Gasteiger partial charge in [-0.1, -0.05) is 32.0 Å². The normalized spacial score (nSPS) is 24.9. The van der Waals surface area contributed by atoms with Gasteiger partial charge in [0.1, 0.15) is 36.1 Å². The van der Waals surface area contributed by atoms with Crippen LogP contribution in [0.15, 0.2) is 48.7 Å². The third-order valence-corrected chi connectivity index (χ3v) is 14.1. The van der Waals surface area contributed by atoms with E-state index in [2.05, 4.69) is 63.9 Å². The number of nitrogens with zero attached hydrogens (tertiary/aromatic N) is 4. The lowest BCUT2D eigenvalue weighted by Gasteiger charge is -2.39. The van der Waals surface area contributed by atoms with Gasteiger partial charge < -0.3 is 49.3 Å². The molecule has 2 aromatic heterocycles. The maximum Gasteiger partial charge on any atom is 0.407 e. The minimum atomic E-state index is -0.755. The molecule has 0 saturated carbocycles. The van der Waals surface area contributed by atoms with Crippen molar-refractivity contribution in [3.8, 4) is 28.1 Å². The SMILES string of the molecule is COC(=O)N[C@H](C(=O)N1[C@@H](C)CC[C@H]1c1ncc(-c2ccc3c(c2)COc2cc4c(ccc5[nH]c([C@@H]6CC[C@H](C)N6C(=O)[C@H](NC(=O)OC)C6C[C@@H](C)O[C@H](C)C6)nc54)cc2-3)[nH]1)C(C)C. The number of hydrogen-bond acceptors (Lipinski definition) is 10. The first kappa shape index (κ1) is 44.1. The summed E-state index contributed by atoms with van der Waals surface area (Å²) >= 11 is 0. The number of rotatable bonds is 9. The summed E-state index contributed by atoms with van der Waals surface area (Å²) in [6, 6.07) is 12.6. The molecule has 0 unspecified atom stereocenters. The van der Waals surface area contributed by atoms with Crippen LogP contribution in [0.5, 0.6) is 5.75 Å². The molecule has 3 saturated heterocycles. The fourth-order valence-corrected chi connectivity index (χ4v) is 10.8. The Hall–Kier alpha value is -6.16. The predicted molar refractivity (Wildman–Crippen MR) is 244 cm³/mol. The van der Waals surface area contributed by atoms with Crippen LogP contribution in [0.25, 0.3) is 44.2 Å². The van der Waals surface area contributed by atoms with Crippen molar-refractivity contribution in [1.82, 2.24) is 40.4 Å². The number of carbonyl (C=O) groups is 4. The molecule has 4 aliphatic heterocycles. The van der Waals surface area contributed by atoms with E-state index in [9.17, 15) is 19.2 Å². The minimum Gasteiger partial charge on any atom is -0.488 e. The summed E-state index contributed by atoms with van der Waals surface area (Å²) in [4.78, 5) is 74.0. The number of carbonyl (C=O) groups excluding carboxylic acids is 4. The lowest BCUT2D eigenvalue weighted by atomic mass is 9.85. The highest BCUT2D eigenvalue weighted by molar-refractivity contribution is 6.07. The van der Waals surface area contributed by atoms with Crippen LogP contribution in [0.2, 0.25) is 0 Å². The Morgan fingerprint density at radius 3 is 2.15 bits per heavy atom. The van der Waals surface area contributed by atoms with Crippen molar-refractivity contribution in [1.29, 1.82) is 0 Å². The lowest BCUT2D eigenvalue weighted by molar-refractivity contribution is -0.140. The summed E-state index contributed by atoms with van der Waals surface area (Å²) in [5.74, 6) is 1.67. The van der Waals surface area contributed by atoms with Gasteiger partial charge in [0, 0.05) is 23.0 Å². The summed E-state index contributed by atoms with van der Waals surface area (Å²) in [6.07, 6.45) is 4.91. The highest BCUT2D eigenvalue weighted by atomic mass is 16.5.